The van der Waals surface area contributed by atoms with Crippen molar-refractivity contribution in [1.82, 2.24) is 0 Å². The molecule has 0 bridgehead atoms. The van der Waals surface area contributed by atoms with Crippen molar-refractivity contribution < 1.29 is 19.0 Å². The second-order valence-electron chi connectivity index (χ2n) is 4.16. The predicted molar refractivity (Wildman–Crippen MR) is 98.2 cm³/mol. The highest BCUT2D eigenvalue weighted by Gasteiger charge is 2.14. The van der Waals surface area contributed by atoms with Crippen LogP contribution in [-0.2, 0) is 9.53 Å². The minimum absolute atomic E-state index is 0.0177. The summed E-state index contributed by atoms with van der Waals surface area (Å²) in [6.45, 7) is 1.79. The molecule has 0 spiro atoms. The number of halogens is 1. The highest BCUT2D eigenvalue weighted by molar-refractivity contribution is 14.1. The van der Waals surface area contributed by atoms with Gasteiger partial charge in [-0.2, -0.15) is 5.26 Å². The number of ether oxygens (including phenoxy) is 3. The van der Waals surface area contributed by atoms with E-state index in [9.17, 15) is 4.79 Å². The van der Waals surface area contributed by atoms with Gasteiger partial charge in [-0.15, -0.1) is 0 Å². The van der Waals surface area contributed by atoms with E-state index in [1.807, 2.05) is 28.7 Å². The summed E-state index contributed by atoms with van der Waals surface area (Å²) in [4.78, 5) is 11.4. The number of rotatable bonds is 7. The van der Waals surface area contributed by atoms with Gasteiger partial charge in [-0.05, 0) is 53.3 Å². The van der Waals surface area contributed by atoms with Crippen molar-refractivity contribution in [3.63, 3.8) is 0 Å². The third kappa shape index (κ3) is 5.69. The van der Waals surface area contributed by atoms with E-state index in [0.29, 0.717) is 20.6 Å². The molecule has 0 amide bonds. The fourth-order valence-corrected chi connectivity index (χ4v) is 2.51. The molecule has 1 rings (SSSR count). The van der Waals surface area contributed by atoms with Crippen molar-refractivity contribution in [2.75, 3.05) is 20.3 Å². The molecule has 0 aliphatic heterocycles. The predicted octanol–water partition coefficient (Wildman–Crippen LogP) is 2.43. The topological polar surface area (TPSA) is 94.6 Å². The van der Waals surface area contributed by atoms with E-state index in [1.165, 1.54) is 7.11 Å². The molecule has 0 saturated carbocycles. The van der Waals surface area contributed by atoms with Gasteiger partial charge in [0.1, 0.15) is 11.1 Å². The number of nitrogens with zero attached hydrogens (tertiary/aromatic N) is 1. The Bertz CT molecular complexity index is 683. The number of benzene rings is 1. The highest BCUT2D eigenvalue weighted by atomic mass is 127. The summed E-state index contributed by atoms with van der Waals surface area (Å²) >= 11 is 6.85. The van der Waals surface area contributed by atoms with Crippen molar-refractivity contribution in [1.29, 1.82) is 5.26 Å². The maximum absolute atomic E-state index is 11.4. The van der Waals surface area contributed by atoms with Gasteiger partial charge in [0.05, 0.1) is 22.9 Å². The molecular formula is C15H15IN2O4S. The number of esters is 1. The molecule has 0 aliphatic rings. The lowest BCUT2D eigenvalue weighted by atomic mass is 10.1. The lowest BCUT2D eigenvalue weighted by molar-refractivity contribution is -0.145. The fraction of sp³-hybridized carbons (Fsp3) is 0.267. The summed E-state index contributed by atoms with van der Waals surface area (Å²) in [5, 5.41) is 9.01. The Balaban J connectivity index is 3.11. The number of carbonyl (C=O) groups excluding carboxylic acids is 1. The van der Waals surface area contributed by atoms with Crippen LogP contribution in [0.5, 0.6) is 11.5 Å². The first-order chi connectivity index (χ1) is 10.9. The first-order valence-electron chi connectivity index (χ1n) is 6.50. The Morgan fingerprint density at radius 3 is 2.74 bits per heavy atom. The maximum Gasteiger partial charge on any atom is 0.344 e. The third-order valence-electron chi connectivity index (χ3n) is 2.59. The Morgan fingerprint density at radius 1 is 1.52 bits per heavy atom. The maximum atomic E-state index is 11.4. The molecule has 0 radical (unpaired) electrons. The number of nitrogens with two attached hydrogens (primary N) is 1. The fourth-order valence-electron chi connectivity index (χ4n) is 1.62. The van der Waals surface area contributed by atoms with E-state index in [-0.39, 0.29) is 23.8 Å². The van der Waals surface area contributed by atoms with E-state index >= 15 is 0 Å². The molecule has 0 saturated heterocycles. The van der Waals surface area contributed by atoms with E-state index in [1.54, 1.807) is 25.1 Å². The molecule has 6 nitrogen and oxygen atoms in total. The van der Waals surface area contributed by atoms with Gasteiger partial charge < -0.3 is 19.9 Å². The van der Waals surface area contributed by atoms with Gasteiger partial charge in [0, 0.05) is 0 Å². The van der Waals surface area contributed by atoms with E-state index in [0.717, 1.165) is 0 Å². The normalized spacial score (nSPS) is 10.6. The van der Waals surface area contributed by atoms with Crippen LogP contribution in [0.1, 0.15) is 12.5 Å². The second kappa shape index (κ2) is 9.32. The van der Waals surface area contributed by atoms with Crippen LogP contribution in [0.4, 0.5) is 0 Å². The minimum Gasteiger partial charge on any atom is -0.493 e. The number of methoxy groups -OCH3 is 1. The average Bonchev–Trinajstić information content (AvgIpc) is 2.50. The molecule has 1 aromatic rings. The van der Waals surface area contributed by atoms with Crippen LogP contribution in [0.3, 0.4) is 0 Å². The minimum atomic E-state index is -0.463. The average molecular weight is 446 g/mol. The number of thiocarbonyl (C=S) groups is 1. The van der Waals surface area contributed by atoms with E-state index < -0.39 is 5.97 Å². The van der Waals surface area contributed by atoms with Gasteiger partial charge in [-0.3, -0.25) is 0 Å². The number of nitriles is 1. The molecule has 2 N–H and O–H groups in total. The van der Waals surface area contributed by atoms with Gasteiger partial charge in [-0.25, -0.2) is 4.79 Å². The van der Waals surface area contributed by atoms with Crippen LogP contribution in [0.15, 0.2) is 17.7 Å². The molecular weight excluding hydrogens is 431 g/mol. The second-order valence-corrected chi connectivity index (χ2v) is 5.76. The monoisotopic (exact) mass is 446 g/mol. The molecule has 0 atom stereocenters. The van der Waals surface area contributed by atoms with Crippen molar-refractivity contribution in [3.8, 4) is 17.6 Å². The van der Waals surface area contributed by atoms with E-state index in [2.05, 4.69) is 0 Å². The highest BCUT2D eigenvalue weighted by Crippen LogP contribution is 2.34. The largest absolute Gasteiger partial charge is 0.493 e. The zero-order valence-electron chi connectivity index (χ0n) is 12.6. The van der Waals surface area contributed by atoms with Crippen LogP contribution in [-0.4, -0.2) is 31.3 Å². The van der Waals surface area contributed by atoms with E-state index in [4.69, 9.17) is 37.4 Å². The summed E-state index contributed by atoms with van der Waals surface area (Å²) < 4.78 is 16.3. The zero-order valence-corrected chi connectivity index (χ0v) is 15.6. The van der Waals surface area contributed by atoms with Crippen molar-refractivity contribution in [2.24, 2.45) is 5.73 Å². The van der Waals surface area contributed by atoms with Crippen molar-refractivity contribution in [3.05, 3.63) is 26.8 Å². The molecule has 122 valence electrons. The lowest BCUT2D eigenvalue weighted by Gasteiger charge is -2.13. The van der Waals surface area contributed by atoms with Crippen molar-refractivity contribution in [2.45, 2.75) is 6.92 Å². The Hall–Kier alpha value is -1.86. The Morgan fingerprint density at radius 2 is 2.22 bits per heavy atom. The molecule has 8 heteroatoms. The van der Waals surface area contributed by atoms with Gasteiger partial charge in [-0.1, -0.05) is 12.2 Å². The van der Waals surface area contributed by atoms with Crippen LogP contribution in [0, 0.1) is 14.9 Å². The van der Waals surface area contributed by atoms with Gasteiger partial charge >= 0.3 is 5.97 Å². The number of hydrogen-bond donors (Lipinski definition) is 1. The first-order valence-corrected chi connectivity index (χ1v) is 7.99. The van der Waals surface area contributed by atoms with Crippen LogP contribution < -0.4 is 15.2 Å². The molecule has 0 aliphatic carbocycles. The van der Waals surface area contributed by atoms with Crippen LogP contribution in [0.2, 0.25) is 0 Å². The molecule has 0 heterocycles. The quantitative estimate of drug-likeness (QED) is 0.226. The van der Waals surface area contributed by atoms with Crippen molar-refractivity contribution >= 4 is 51.8 Å². The summed E-state index contributed by atoms with van der Waals surface area (Å²) in [6, 6.07) is 5.36. The molecule has 1 aromatic carbocycles. The standard InChI is InChI=1S/C15H15IN2O4S/c1-3-21-13(19)8-22-14-11(16)5-9(6-12(14)20-2)4-10(7-17)15(18)23/h4-6H,3,8H2,1-2H3,(H2,18,23)/b10-4+. The summed E-state index contributed by atoms with van der Waals surface area (Å²) in [5.41, 5.74) is 6.35. The smallest absolute Gasteiger partial charge is 0.344 e. The Labute approximate surface area is 153 Å². The molecule has 0 aromatic heterocycles. The lowest BCUT2D eigenvalue weighted by Crippen LogP contribution is -2.15. The summed E-state index contributed by atoms with van der Waals surface area (Å²) in [6.07, 6.45) is 1.56. The SMILES string of the molecule is CCOC(=O)COc1c(I)cc(/C=C(\C#N)C(N)=S)cc1OC. The number of hydrogen-bond acceptors (Lipinski definition) is 6. The zero-order chi connectivity index (χ0) is 17.4. The molecule has 23 heavy (non-hydrogen) atoms. The Kier molecular flexibility index (Phi) is 7.77. The summed E-state index contributed by atoms with van der Waals surface area (Å²) in [5.74, 6) is 0.384. The van der Waals surface area contributed by atoms with Gasteiger partial charge in [0.2, 0.25) is 0 Å². The molecule has 0 unspecified atom stereocenters. The molecule has 0 fully saturated rings. The van der Waals surface area contributed by atoms with Crippen LogP contribution in [0.25, 0.3) is 6.08 Å². The van der Waals surface area contributed by atoms with Crippen LogP contribution >= 0.6 is 34.8 Å². The first kappa shape index (κ1) is 19.2. The van der Waals surface area contributed by atoms with Gasteiger partial charge in [0.15, 0.2) is 18.1 Å². The third-order valence-corrected chi connectivity index (χ3v) is 3.61. The number of carbonyl (C=O) groups is 1. The van der Waals surface area contributed by atoms with Gasteiger partial charge in [0.25, 0.3) is 0 Å². The summed E-state index contributed by atoms with van der Waals surface area (Å²) in [7, 11) is 1.48.